The normalized spacial score (nSPS) is 12.9. The summed E-state index contributed by atoms with van der Waals surface area (Å²) in [5, 5.41) is 3.42. The highest BCUT2D eigenvalue weighted by Crippen LogP contribution is 1.99. The summed E-state index contributed by atoms with van der Waals surface area (Å²) in [7, 11) is 3.73. The molecule has 1 atom stereocenters. The number of nitrogens with one attached hydrogen (secondary N) is 1. The first-order valence-electron chi connectivity index (χ1n) is 5.64. The molecule has 1 heterocycles. The molecule has 1 aromatic rings. The van der Waals surface area contributed by atoms with Crippen molar-refractivity contribution in [2.24, 2.45) is 7.05 Å². The van der Waals surface area contributed by atoms with Crippen molar-refractivity contribution in [1.29, 1.82) is 0 Å². The molecule has 1 N–H and O–H groups in total. The topological polar surface area (TPSA) is 35.4 Å². The molecule has 0 aliphatic carbocycles. The smallest absolute Gasteiger partial charge is 0.0701 e. The van der Waals surface area contributed by atoms with Crippen LogP contribution in [-0.2, 0) is 23.1 Å². The predicted molar refractivity (Wildman–Crippen MR) is 64.4 cm³/mol. The van der Waals surface area contributed by atoms with Crippen LogP contribution in [0.4, 0.5) is 0 Å². The minimum atomic E-state index is 0.353. The summed E-state index contributed by atoms with van der Waals surface area (Å²) < 4.78 is 12.5. The first-order valence-corrected chi connectivity index (χ1v) is 5.64. The highest BCUT2D eigenvalue weighted by molar-refractivity contribution is 5.06. The monoisotopic (exact) mass is 226 g/mol. The van der Waals surface area contributed by atoms with E-state index in [0.29, 0.717) is 25.9 Å². The van der Waals surface area contributed by atoms with Gasteiger partial charge in [0.15, 0.2) is 0 Å². The van der Waals surface area contributed by atoms with Crippen LogP contribution < -0.4 is 5.32 Å². The Labute approximate surface area is 97.5 Å². The first-order chi connectivity index (χ1) is 7.74. The molecule has 0 saturated heterocycles. The van der Waals surface area contributed by atoms with Crippen molar-refractivity contribution in [1.82, 2.24) is 9.88 Å². The molecule has 0 aromatic carbocycles. The van der Waals surface area contributed by atoms with Gasteiger partial charge in [-0.2, -0.15) is 0 Å². The Kier molecular flexibility index (Phi) is 6.15. The maximum absolute atomic E-state index is 5.44. The van der Waals surface area contributed by atoms with Gasteiger partial charge in [-0.3, -0.25) is 0 Å². The first kappa shape index (κ1) is 13.2. The van der Waals surface area contributed by atoms with Gasteiger partial charge < -0.3 is 19.4 Å². The number of hydrogen-bond acceptors (Lipinski definition) is 3. The van der Waals surface area contributed by atoms with Crippen molar-refractivity contribution in [3.63, 3.8) is 0 Å². The number of aryl methyl sites for hydroxylation is 1. The average Bonchev–Trinajstić information content (AvgIpc) is 2.67. The lowest BCUT2D eigenvalue weighted by Crippen LogP contribution is -2.31. The minimum absolute atomic E-state index is 0.353. The summed E-state index contributed by atoms with van der Waals surface area (Å²) in [6.45, 7) is 5.03. The molecule has 0 fully saturated rings. The average molecular weight is 226 g/mol. The van der Waals surface area contributed by atoms with Crippen LogP contribution in [0.1, 0.15) is 12.6 Å². The Balaban J connectivity index is 2.10. The molecule has 1 aromatic heterocycles. The van der Waals surface area contributed by atoms with E-state index in [-0.39, 0.29) is 0 Å². The van der Waals surface area contributed by atoms with Crippen molar-refractivity contribution in [2.75, 3.05) is 26.9 Å². The second-order valence-electron chi connectivity index (χ2n) is 3.96. The van der Waals surface area contributed by atoms with E-state index in [4.69, 9.17) is 9.47 Å². The zero-order chi connectivity index (χ0) is 11.8. The number of methoxy groups -OCH3 is 1. The molecular weight excluding hydrogens is 204 g/mol. The molecule has 0 amide bonds. The van der Waals surface area contributed by atoms with Crippen molar-refractivity contribution in [3.05, 3.63) is 24.0 Å². The summed E-state index contributed by atoms with van der Waals surface area (Å²) >= 11 is 0. The van der Waals surface area contributed by atoms with Crippen molar-refractivity contribution < 1.29 is 9.47 Å². The summed E-state index contributed by atoms with van der Waals surface area (Å²) in [5.41, 5.74) is 1.28. The van der Waals surface area contributed by atoms with E-state index < -0.39 is 0 Å². The Morgan fingerprint density at radius 2 is 2.25 bits per heavy atom. The van der Waals surface area contributed by atoms with Crippen LogP contribution in [0.15, 0.2) is 18.3 Å². The van der Waals surface area contributed by atoms with Crippen LogP contribution in [-0.4, -0.2) is 37.5 Å². The van der Waals surface area contributed by atoms with Gasteiger partial charge in [-0.25, -0.2) is 0 Å². The lowest BCUT2D eigenvalue weighted by Gasteiger charge is -2.14. The van der Waals surface area contributed by atoms with Crippen LogP contribution >= 0.6 is 0 Å². The van der Waals surface area contributed by atoms with Crippen LogP contribution in [0.5, 0.6) is 0 Å². The van der Waals surface area contributed by atoms with Crippen LogP contribution in [0.25, 0.3) is 0 Å². The number of rotatable bonds is 8. The Hall–Kier alpha value is -0.840. The maximum Gasteiger partial charge on any atom is 0.0701 e. The van der Waals surface area contributed by atoms with Gasteiger partial charge in [-0.1, -0.05) is 0 Å². The molecule has 0 radical (unpaired) electrons. The largest absolute Gasteiger partial charge is 0.382 e. The van der Waals surface area contributed by atoms with Gasteiger partial charge in [-0.05, 0) is 19.1 Å². The fraction of sp³-hybridized carbons (Fsp3) is 0.667. The van der Waals surface area contributed by atoms with E-state index in [2.05, 4.69) is 42.2 Å². The maximum atomic E-state index is 5.44. The van der Waals surface area contributed by atoms with E-state index in [1.807, 2.05) is 0 Å². The Bertz CT molecular complexity index is 286. The SMILES string of the molecule is COCCOCC(C)NCc1cccn1C. The van der Waals surface area contributed by atoms with Gasteiger partial charge in [0.25, 0.3) is 0 Å². The fourth-order valence-corrected chi connectivity index (χ4v) is 1.42. The molecule has 16 heavy (non-hydrogen) atoms. The van der Waals surface area contributed by atoms with E-state index in [0.717, 1.165) is 6.54 Å². The molecule has 92 valence electrons. The molecule has 4 nitrogen and oxygen atoms in total. The lowest BCUT2D eigenvalue weighted by atomic mass is 10.3. The molecule has 0 aliphatic rings. The van der Waals surface area contributed by atoms with Crippen molar-refractivity contribution >= 4 is 0 Å². The Morgan fingerprint density at radius 1 is 1.44 bits per heavy atom. The van der Waals surface area contributed by atoms with Gasteiger partial charge in [0.1, 0.15) is 0 Å². The Morgan fingerprint density at radius 3 is 2.88 bits per heavy atom. The molecule has 0 spiro atoms. The molecule has 4 heteroatoms. The second kappa shape index (κ2) is 7.44. The number of nitrogens with zero attached hydrogens (tertiary/aromatic N) is 1. The lowest BCUT2D eigenvalue weighted by molar-refractivity contribution is 0.0607. The van der Waals surface area contributed by atoms with E-state index in [9.17, 15) is 0 Å². The third-order valence-corrected chi connectivity index (χ3v) is 2.48. The number of hydrogen-bond donors (Lipinski definition) is 1. The van der Waals surface area contributed by atoms with E-state index >= 15 is 0 Å². The summed E-state index contributed by atoms with van der Waals surface area (Å²) in [4.78, 5) is 0. The van der Waals surface area contributed by atoms with Crippen molar-refractivity contribution in [3.8, 4) is 0 Å². The predicted octanol–water partition coefficient (Wildman–Crippen LogP) is 1.17. The number of aromatic nitrogens is 1. The molecule has 0 bridgehead atoms. The fourth-order valence-electron chi connectivity index (χ4n) is 1.42. The summed E-state index contributed by atoms with van der Waals surface area (Å²) in [5.74, 6) is 0. The van der Waals surface area contributed by atoms with Gasteiger partial charge >= 0.3 is 0 Å². The quantitative estimate of drug-likeness (QED) is 0.676. The van der Waals surface area contributed by atoms with Gasteiger partial charge in [0.05, 0.1) is 19.8 Å². The third kappa shape index (κ3) is 4.79. The summed E-state index contributed by atoms with van der Waals surface area (Å²) in [6.07, 6.45) is 2.05. The summed E-state index contributed by atoms with van der Waals surface area (Å²) in [6, 6.07) is 4.52. The molecule has 0 aliphatic heterocycles. The van der Waals surface area contributed by atoms with Crippen LogP contribution in [0.2, 0.25) is 0 Å². The van der Waals surface area contributed by atoms with Gasteiger partial charge in [0.2, 0.25) is 0 Å². The van der Waals surface area contributed by atoms with Gasteiger partial charge in [-0.15, -0.1) is 0 Å². The third-order valence-electron chi connectivity index (χ3n) is 2.48. The van der Waals surface area contributed by atoms with Crippen molar-refractivity contribution in [2.45, 2.75) is 19.5 Å². The standard InChI is InChI=1S/C12H22N2O2/c1-11(10-16-8-7-15-3)13-9-12-5-4-6-14(12)2/h4-6,11,13H,7-10H2,1-3H3. The van der Waals surface area contributed by atoms with Crippen LogP contribution in [0, 0.1) is 0 Å². The molecule has 1 unspecified atom stereocenters. The van der Waals surface area contributed by atoms with E-state index in [1.54, 1.807) is 7.11 Å². The zero-order valence-electron chi connectivity index (χ0n) is 10.4. The van der Waals surface area contributed by atoms with Crippen LogP contribution in [0.3, 0.4) is 0 Å². The highest BCUT2D eigenvalue weighted by atomic mass is 16.5. The zero-order valence-corrected chi connectivity index (χ0v) is 10.4. The number of ether oxygens (including phenoxy) is 2. The minimum Gasteiger partial charge on any atom is -0.382 e. The highest BCUT2D eigenvalue weighted by Gasteiger charge is 2.02. The molecular formula is C12H22N2O2. The van der Waals surface area contributed by atoms with Gasteiger partial charge in [0, 0.05) is 38.6 Å². The second-order valence-corrected chi connectivity index (χ2v) is 3.96. The molecule has 0 saturated carbocycles. The van der Waals surface area contributed by atoms with E-state index in [1.165, 1.54) is 5.69 Å². The molecule has 1 rings (SSSR count).